The highest BCUT2D eigenvalue weighted by molar-refractivity contribution is 6.31. The molecular formula is C15H16ClN3O3. The van der Waals surface area contributed by atoms with E-state index in [2.05, 4.69) is 15.5 Å². The highest BCUT2D eigenvalue weighted by Gasteiger charge is 2.32. The lowest BCUT2D eigenvalue weighted by Crippen LogP contribution is -2.45. The Morgan fingerprint density at radius 3 is 3.14 bits per heavy atom. The van der Waals surface area contributed by atoms with E-state index in [-0.39, 0.29) is 18.1 Å². The van der Waals surface area contributed by atoms with Gasteiger partial charge < -0.3 is 14.8 Å². The van der Waals surface area contributed by atoms with E-state index in [4.69, 9.17) is 21.1 Å². The number of carbonyl (C=O) groups excluding carboxylic acids is 1. The Balaban J connectivity index is 1.68. The van der Waals surface area contributed by atoms with Crippen molar-refractivity contribution in [3.05, 3.63) is 46.7 Å². The number of benzene rings is 1. The van der Waals surface area contributed by atoms with Gasteiger partial charge in [0, 0.05) is 10.6 Å². The van der Waals surface area contributed by atoms with E-state index in [9.17, 15) is 4.79 Å². The van der Waals surface area contributed by atoms with Crippen LogP contribution in [0.5, 0.6) is 5.75 Å². The summed E-state index contributed by atoms with van der Waals surface area (Å²) in [5.74, 6) is 0.435. The van der Waals surface area contributed by atoms with Crippen LogP contribution in [0.3, 0.4) is 0 Å². The Morgan fingerprint density at radius 1 is 1.50 bits per heavy atom. The molecule has 22 heavy (non-hydrogen) atoms. The Hall–Kier alpha value is -2.05. The van der Waals surface area contributed by atoms with Crippen LogP contribution in [0, 0.1) is 6.92 Å². The van der Waals surface area contributed by atoms with E-state index in [0.717, 1.165) is 5.56 Å². The van der Waals surface area contributed by atoms with E-state index >= 15 is 0 Å². The molecular weight excluding hydrogens is 306 g/mol. The van der Waals surface area contributed by atoms with Crippen LogP contribution in [0.1, 0.15) is 15.9 Å². The third kappa shape index (κ3) is 3.23. The van der Waals surface area contributed by atoms with Crippen molar-refractivity contribution in [2.75, 3.05) is 13.2 Å². The van der Waals surface area contributed by atoms with Crippen molar-refractivity contribution >= 4 is 17.5 Å². The van der Waals surface area contributed by atoms with E-state index < -0.39 is 0 Å². The monoisotopic (exact) mass is 321 g/mol. The number of aromatic amines is 1. The Labute approximate surface area is 132 Å². The quantitative estimate of drug-likeness (QED) is 0.902. The molecule has 6 nitrogen and oxygen atoms in total. The van der Waals surface area contributed by atoms with Crippen LogP contribution < -0.4 is 10.1 Å². The number of ether oxygens (including phenoxy) is 2. The molecule has 1 fully saturated rings. The number of hydrogen-bond acceptors (Lipinski definition) is 4. The van der Waals surface area contributed by atoms with E-state index in [1.165, 1.54) is 0 Å². The average molecular weight is 322 g/mol. The van der Waals surface area contributed by atoms with Gasteiger partial charge in [0.15, 0.2) is 5.75 Å². The molecule has 2 N–H and O–H groups in total. The van der Waals surface area contributed by atoms with Crippen molar-refractivity contribution in [2.45, 2.75) is 19.1 Å². The second kappa shape index (κ2) is 6.37. The lowest BCUT2D eigenvalue weighted by Gasteiger charge is -2.20. The number of aryl methyl sites for hydroxylation is 1. The minimum Gasteiger partial charge on any atom is -0.482 e. The van der Waals surface area contributed by atoms with Crippen LogP contribution in [-0.4, -0.2) is 41.5 Å². The summed E-state index contributed by atoms with van der Waals surface area (Å²) >= 11 is 5.96. The van der Waals surface area contributed by atoms with Gasteiger partial charge in [0.2, 0.25) is 0 Å². The van der Waals surface area contributed by atoms with Gasteiger partial charge in [-0.05, 0) is 24.6 Å². The molecule has 2 atom stereocenters. The molecule has 2 aromatic rings. The number of rotatable bonds is 4. The molecule has 0 aliphatic carbocycles. The highest BCUT2D eigenvalue weighted by Crippen LogP contribution is 2.18. The normalized spacial score (nSPS) is 20.8. The second-order valence-corrected chi connectivity index (χ2v) is 5.60. The van der Waals surface area contributed by atoms with Crippen LogP contribution in [-0.2, 0) is 4.74 Å². The summed E-state index contributed by atoms with van der Waals surface area (Å²) in [6, 6.07) is 5.02. The standard InChI is InChI=1S/C15H16ClN3O3/c1-9-2-3-10(16)4-12(9)15(20)19-13-7-21-8-14(13)22-11-5-17-18-6-11/h2-6,13-14H,7-8H2,1H3,(H,17,18)(H,19,20)/t13-,14+/m1/s1. The number of nitrogens with one attached hydrogen (secondary N) is 2. The zero-order valence-corrected chi connectivity index (χ0v) is 12.8. The first-order valence-corrected chi connectivity index (χ1v) is 7.31. The lowest BCUT2D eigenvalue weighted by atomic mass is 10.1. The predicted molar refractivity (Wildman–Crippen MR) is 81.3 cm³/mol. The molecule has 116 valence electrons. The van der Waals surface area contributed by atoms with Gasteiger partial charge in [-0.2, -0.15) is 5.10 Å². The number of amides is 1. The Kier molecular flexibility index (Phi) is 4.31. The number of H-pyrrole nitrogens is 1. The minimum absolute atomic E-state index is 0.184. The first kappa shape index (κ1) is 14.9. The first-order chi connectivity index (χ1) is 10.6. The van der Waals surface area contributed by atoms with Gasteiger partial charge in [0.25, 0.3) is 5.91 Å². The first-order valence-electron chi connectivity index (χ1n) is 6.93. The Bertz CT molecular complexity index is 660. The van der Waals surface area contributed by atoms with E-state index in [1.807, 2.05) is 13.0 Å². The maximum atomic E-state index is 12.4. The zero-order chi connectivity index (χ0) is 15.5. The molecule has 1 aromatic carbocycles. The maximum absolute atomic E-state index is 12.4. The summed E-state index contributed by atoms with van der Waals surface area (Å²) in [6.07, 6.45) is 2.98. The molecule has 1 saturated heterocycles. The van der Waals surface area contributed by atoms with Crippen LogP contribution in [0.2, 0.25) is 5.02 Å². The number of carbonyl (C=O) groups is 1. The summed E-state index contributed by atoms with van der Waals surface area (Å²) in [7, 11) is 0. The summed E-state index contributed by atoms with van der Waals surface area (Å²) in [5, 5.41) is 9.99. The molecule has 2 heterocycles. The lowest BCUT2D eigenvalue weighted by molar-refractivity contribution is 0.0903. The molecule has 1 aromatic heterocycles. The van der Waals surface area contributed by atoms with Crippen LogP contribution in [0.4, 0.5) is 0 Å². The molecule has 7 heteroatoms. The third-order valence-corrected chi connectivity index (χ3v) is 3.78. The molecule has 0 saturated carbocycles. The van der Waals surface area contributed by atoms with E-state index in [0.29, 0.717) is 29.5 Å². The summed E-state index contributed by atoms with van der Waals surface area (Å²) in [4.78, 5) is 12.4. The SMILES string of the molecule is Cc1ccc(Cl)cc1C(=O)N[C@@H]1COC[C@@H]1Oc1cn[nH]c1. The van der Waals surface area contributed by atoms with Crippen molar-refractivity contribution in [3.63, 3.8) is 0 Å². The van der Waals surface area contributed by atoms with Gasteiger partial charge in [0.05, 0.1) is 31.6 Å². The van der Waals surface area contributed by atoms with Crippen LogP contribution in [0.15, 0.2) is 30.6 Å². The largest absolute Gasteiger partial charge is 0.482 e. The smallest absolute Gasteiger partial charge is 0.252 e. The average Bonchev–Trinajstić information content (AvgIpc) is 3.15. The van der Waals surface area contributed by atoms with Gasteiger partial charge in [0.1, 0.15) is 6.10 Å². The fourth-order valence-electron chi connectivity index (χ4n) is 2.35. The molecule has 3 rings (SSSR count). The van der Waals surface area contributed by atoms with Gasteiger partial charge in [-0.3, -0.25) is 9.89 Å². The topological polar surface area (TPSA) is 76.2 Å². The van der Waals surface area contributed by atoms with Gasteiger partial charge >= 0.3 is 0 Å². The van der Waals surface area contributed by atoms with Gasteiger partial charge in [-0.1, -0.05) is 17.7 Å². The van der Waals surface area contributed by atoms with Gasteiger partial charge in [-0.25, -0.2) is 0 Å². The molecule has 0 spiro atoms. The van der Waals surface area contributed by atoms with E-state index in [1.54, 1.807) is 24.5 Å². The van der Waals surface area contributed by atoms with Crippen molar-refractivity contribution in [2.24, 2.45) is 0 Å². The molecule has 0 bridgehead atoms. The molecule has 0 unspecified atom stereocenters. The van der Waals surface area contributed by atoms with Crippen molar-refractivity contribution < 1.29 is 14.3 Å². The second-order valence-electron chi connectivity index (χ2n) is 5.17. The van der Waals surface area contributed by atoms with Crippen molar-refractivity contribution in [3.8, 4) is 5.75 Å². The summed E-state index contributed by atoms with van der Waals surface area (Å²) < 4.78 is 11.2. The predicted octanol–water partition coefficient (Wildman–Crippen LogP) is 1.95. The minimum atomic E-state index is -0.249. The Morgan fingerprint density at radius 2 is 2.36 bits per heavy atom. The van der Waals surface area contributed by atoms with Crippen molar-refractivity contribution in [1.29, 1.82) is 0 Å². The van der Waals surface area contributed by atoms with Crippen molar-refractivity contribution in [1.82, 2.24) is 15.5 Å². The number of hydrogen-bond donors (Lipinski definition) is 2. The third-order valence-electron chi connectivity index (χ3n) is 3.55. The molecule has 1 aliphatic heterocycles. The van der Waals surface area contributed by atoms with Crippen LogP contribution in [0.25, 0.3) is 0 Å². The summed E-state index contributed by atoms with van der Waals surface area (Å²) in [6.45, 7) is 2.70. The maximum Gasteiger partial charge on any atom is 0.252 e. The molecule has 0 radical (unpaired) electrons. The molecule has 1 aliphatic rings. The number of halogens is 1. The number of nitrogens with zero attached hydrogens (tertiary/aromatic N) is 1. The summed E-state index contributed by atoms with van der Waals surface area (Å²) in [5.41, 5.74) is 1.43. The molecule has 1 amide bonds. The van der Waals surface area contributed by atoms with Crippen LogP contribution >= 0.6 is 11.6 Å². The fourth-order valence-corrected chi connectivity index (χ4v) is 2.52. The number of aromatic nitrogens is 2. The fraction of sp³-hybridized carbons (Fsp3) is 0.333. The zero-order valence-electron chi connectivity index (χ0n) is 12.0. The highest BCUT2D eigenvalue weighted by atomic mass is 35.5. The van der Waals surface area contributed by atoms with Gasteiger partial charge in [-0.15, -0.1) is 0 Å².